The molecule has 0 amide bonds. The fraction of sp³-hybridized carbons (Fsp3) is 0.333. The average Bonchev–Trinajstić information content (AvgIpc) is 2.74. The molecule has 1 aromatic heterocycles. The van der Waals surface area contributed by atoms with Crippen LogP contribution in [0, 0.1) is 0 Å². The molecule has 1 heterocycles. The van der Waals surface area contributed by atoms with Crippen molar-refractivity contribution in [1.82, 2.24) is 15.1 Å². The monoisotopic (exact) mass is 264 g/mol. The van der Waals surface area contributed by atoms with Crippen molar-refractivity contribution in [3.63, 3.8) is 0 Å². The normalized spacial score (nSPS) is 10.8. The third-order valence-electron chi connectivity index (χ3n) is 2.47. The van der Waals surface area contributed by atoms with Crippen molar-refractivity contribution in [2.45, 2.75) is 13.1 Å². The first-order chi connectivity index (χ1) is 8.67. The van der Waals surface area contributed by atoms with Crippen molar-refractivity contribution in [3.05, 3.63) is 34.8 Å². The van der Waals surface area contributed by atoms with Gasteiger partial charge in [-0.3, -0.25) is 4.90 Å². The van der Waals surface area contributed by atoms with Crippen molar-refractivity contribution in [2.75, 3.05) is 19.9 Å². The molecule has 0 aliphatic carbocycles. The summed E-state index contributed by atoms with van der Waals surface area (Å²) in [5.41, 5.74) is 6.76. The molecule has 1 aromatic carbocycles. The summed E-state index contributed by atoms with van der Waals surface area (Å²) < 4.78 is 5.20. The molecule has 0 unspecified atom stereocenters. The van der Waals surface area contributed by atoms with E-state index in [-0.39, 0.29) is 0 Å². The summed E-state index contributed by atoms with van der Waals surface area (Å²) >= 11 is 1.42. The topological polar surface area (TPSA) is 64.3 Å². The van der Waals surface area contributed by atoms with Gasteiger partial charge in [-0.15, -0.1) is 10.2 Å². The van der Waals surface area contributed by atoms with Gasteiger partial charge in [0.1, 0.15) is 10.8 Å². The van der Waals surface area contributed by atoms with E-state index in [1.54, 1.807) is 7.11 Å². The van der Waals surface area contributed by atoms with Crippen LogP contribution < -0.4 is 10.5 Å². The van der Waals surface area contributed by atoms with Gasteiger partial charge in [0, 0.05) is 6.54 Å². The van der Waals surface area contributed by atoms with Crippen molar-refractivity contribution in [3.8, 4) is 5.75 Å². The van der Waals surface area contributed by atoms with Crippen LogP contribution >= 0.6 is 11.3 Å². The third-order valence-corrected chi connectivity index (χ3v) is 3.21. The van der Waals surface area contributed by atoms with Gasteiger partial charge in [-0.2, -0.15) is 0 Å². The molecular formula is C12H16N4OS. The van der Waals surface area contributed by atoms with Crippen LogP contribution in [-0.4, -0.2) is 29.3 Å². The third kappa shape index (κ3) is 3.41. The number of methoxy groups -OCH3 is 1. The summed E-state index contributed by atoms with van der Waals surface area (Å²) in [5.74, 6) is 0.876. The maximum Gasteiger partial charge on any atom is 0.203 e. The maximum absolute atomic E-state index is 5.55. The number of anilines is 1. The fourth-order valence-electron chi connectivity index (χ4n) is 1.70. The van der Waals surface area contributed by atoms with Gasteiger partial charge in [0.05, 0.1) is 13.7 Å². The van der Waals surface area contributed by atoms with E-state index in [9.17, 15) is 0 Å². The highest BCUT2D eigenvalue weighted by Gasteiger charge is 2.06. The van der Waals surface area contributed by atoms with E-state index in [0.29, 0.717) is 5.13 Å². The molecule has 18 heavy (non-hydrogen) atoms. The summed E-state index contributed by atoms with van der Waals surface area (Å²) in [4.78, 5) is 2.16. The van der Waals surface area contributed by atoms with Crippen LogP contribution in [0.4, 0.5) is 5.13 Å². The molecule has 0 spiro atoms. The summed E-state index contributed by atoms with van der Waals surface area (Å²) in [5, 5.41) is 9.25. The maximum atomic E-state index is 5.55. The average molecular weight is 264 g/mol. The standard InChI is InChI=1S/C12H16N4OS/c1-16(8-11-14-15-12(13)18-11)7-9-4-3-5-10(6-9)17-2/h3-6H,7-8H2,1-2H3,(H2,13,15). The number of nitrogen functional groups attached to an aromatic ring is 1. The highest BCUT2D eigenvalue weighted by atomic mass is 32.1. The smallest absolute Gasteiger partial charge is 0.203 e. The minimum absolute atomic E-state index is 0.514. The Labute approximate surface area is 110 Å². The van der Waals surface area contributed by atoms with Crippen LogP contribution in [0.3, 0.4) is 0 Å². The number of ether oxygens (including phenoxy) is 1. The van der Waals surface area contributed by atoms with Gasteiger partial charge in [-0.1, -0.05) is 23.5 Å². The lowest BCUT2D eigenvalue weighted by Crippen LogP contribution is -2.17. The first-order valence-electron chi connectivity index (χ1n) is 5.56. The predicted molar refractivity (Wildman–Crippen MR) is 72.5 cm³/mol. The first kappa shape index (κ1) is 12.8. The lowest BCUT2D eigenvalue weighted by atomic mass is 10.2. The number of aromatic nitrogens is 2. The number of rotatable bonds is 5. The minimum Gasteiger partial charge on any atom is -0.497 e. The van der Waals surface area contributed by atoms with E-state index >= 15 is 0 Å². The summed E-state index contributed by atoms with van der Waals surface area (Å²) in [6.07, 6.45) is 0. The Morgan fingerprint density at radius 2 is 2.17 bits per heavy atom. The van der Waals surface area contributed by atoms with Crippen LogP contribution in [0.25, 0.3) is 0 Å². The van der Waals surface area contributed by atoms with Crippen molar-refractivity contribution >= 4 is 16.5 Å². The second-order valence-corrected chi connectivity index (χ2v) is 5.15. The Hall–Kier alpha value is -1.66. The zero-order valence-electron chi connectivity index (χ0n) is 10.5. The number of nitrogens with zero attached hydrogens (tertiary/aromatic N) is 3. The number of nitrogens with two attached hydrogens (primary N) is 1. The molecule has 5 nitrogen and oxygen atoms in total. The molecule has 0 radical (unpaired) electrons. The van der Waals surface area contributed by atoms with Crippen LogP contribution in [0.15, 0.2) is 24.3 Å². The summed E-state index contributed by atoms with van der Waals surface area (Å²) in [6, 6.07) is 8.04. The van der Waals surface area contributed by atoms with Gasteiger partial charge in [0.25, 0.3) is 0 Å². The highest BCUT2D eigenvalue weighted by Crippen LogP contribution is 2.16. The second-order valence-electron chi connectivity index (χ2n) is 4.06. The van der Waals surface area contributed by atoms with Gasteiger partial charge >= 0.3 is 0 Å². The Kier molecular flexibility index (Phi) is 4.11. The van der Waals surface area contributed by atoms with Crippen LogP contribution in [-0.2, 0) is 13.1 Å². The Bertz CT molecular complexity index is 514. The second kappa shape index (κ2) is 5.79. The number of benzene rings is 1. The van der Waals surface area contributed by atoms with Crippen molar-refractivity contribution < 1.29 is 4.74 Å². The van der Waals surface area contributed by atoms with Crippen molar-refractivity contribution in [1.29, 1.82) is 0 Å². The Morgan fingerprint density at radius 1 is 1.33 bits per heavy atom. The fourth-order valence-corrected chi connectivity index (χ4v) is 2.39. The molecule has 0 atom stereocenters. The van der Waals surface area contributed by atoms with Gasteiger partial charge in [-0.25, -0.2) is 0 Å². The molecule has 6 heteroatoms. The zero-order chi connectivity index (χ0) is 13.0. The first-order valence-corrected chi connectivity index (χ1v) is 6.38. The van der Waals surface area contributed by atoms with E-state index < -0.39 is 0 Å². The molecule has 0 aliphatic heterocycles. The molecule has 2 rings (SSSR count). The van der Waals surface area contributed by atoms with E-state index in [1.807, 2.05) is 25.2 Å². The van der Waals surface area contributed by atoms with Gasteiger partial charge < -0.3 is 10.5 Å². The lowest BCUT2D eigenvalue weighted by molar-refractivity contribution is 0.317. The quantitative estimate of drug-likeness (QED) is 0.891. The van der Waals surface area contributed by atoms with Crippen LogP contribution in [0.5, 0.6) is 5.75 Å². The minimum atomic E-state index is 0.514. The summed E-state index contributed by atoms with van der Waals surface area (Å²) in [7, 11) is 3.71. The lowest BCUT2D eigenvalue weighted by Gasteiger charge is -2.15. The van der Waals surface area contributed by atoms with E-state index in [2.05, 4.69) is 21.2 Å². The van der Waals surface area contributed by atoms with Crippen molar-refractivity contribution in [2.24, 2.45) is 0 Å². The van der Waals surface area contributed by atoms with Gasteiger partial charge in [-0.05, 0) is 24.7 Å². The van der Waals surface area contributed by atoms with E-state index in [0.717, 1.165) is 23.8 Å². The zero-order valence-corrected chi connectivity index (χ0v) is 11.3. The molecule has 0 aliphatic rings. The Balaban J connectivity index is 1.96. The molecule has 0 saturated carbocycles. The molecule has 96 valence electrons. The molecule has 2 N–H and O–H groups in total. The summed E-state index contributed by atoms with van der Waals surface area (Å²) in [6.45, 7) is 1.57. The predicted octanol–water partition coefficient (Wildman–Crippen LogP) is 1.76. The largest absolute Gasteiger partial charge is 0.497 e. The van der Waals surface area contributed by atoms with Crippen LogP contribution in [0.1, 0.15) is 10.6 Å². The molecule has 0 saturated heterocycles. The Morgan fingerprint density at radius 3 is 2.83 bits per heavy atom. The SMILES string of the molecule is COc1cccc(CN(C)Cc2nnc(N)s2)c1. The molecule has 0 bridgehead atoms. The number of hydrogen-bond donors (Lipinski definition) is 1. The van der Waals surface area contributed by atoms with Crippen LogP contribution in [0.2, 0.25) is 0 Å². The molecule has 2 aromatic rings. The molecule has 0 fully saturated rings. The van der Waals surface area contributed by atoms with Gasteiger partial charge in [0.15, 0.2) is 0 Å². The van der Waals surface area contributed by atoms with E-state index in [4.69, 9.17) is 10.5 Å². The number of hydrogen-bond acceptors (Lipinski definition) is 6. The van der Waals surface area contributed by atoms with E-state index in [1.165, 1.54) is 16.9 Å². The molecular weight excluding hydrogens is 248 g/mol. The van der Waals surface area contributed by atoms with Gasteiger partial charge in [0.2, 0.25) is 5.13 Å². The highest BCUT2D eigenvalue weighted by molar-refractivity contribution is 7.15.